The van der Waals surface area contributed by atoms with Crippen LogP contribution >= 0.6 is 11.6 Å². The van der Waals surface area contributed by atoms with Crippen molar-refractivity contribution in [2.45, 2.75) is 20.4 Å². The summed E-state index contributed by atoms with van der Waals surface area (Å²) < 4.78 is 0. The lowest BCUT2D eigenvalue weighted by Gasteiger charge is -2.09. The summed E-state index contributed by atoms with van der Waals surface area (Å²) >= 11 is 6.08. The average molecular weight is 366 g/mol. The molecule has 2 N–H and O–H groups in total. The van der Waals surface area contributed by atoms with Gasteiger partial charge in [0.1, 0.15) is 5.69 Å². The number of nitrogens with one attached hydrogen (secondary N) is 2. The summed E-state index contributed by atoms with van der Waals surface area (Å²) in [5, 5.41) is 6.73. The Morgan fingerprint density at radius 1 is 1.04 bits per heavy atom. The van der Waals surface area contributed by atoms with Gasteiger partial charge in [0.2, 0.25) is 0 Å². The van der Waals surface area contributed by atoms with Gasteiger partial charge >= 0.3 is 0 Å². The standard InChI is InChI=1S/C21H20ClN3O/c1-14-4-3-5-16(10-14)12-23-18-8-9-20(24-13-18)21(26)25-17-7-6-15(2)19(22)11-17/h3-11,13,23H,12H2,1-2H3,(H,25,26). The number of halogens is 1. The molecule has 1 amide bonds. The molecule has 3 rings (SSSR count). The van der Waals surface area contributed by atoms with Crippen molar-refractivity contribution in [2.75, 3.05) is 10.6 Å². The minimum atomic E-state index is -0.268. The van der Waals surface area contributed by atoms with Crippen LogP contribution in [0.25, 0.3) is 0 Å². The number of hydrogen-bond acceptors (Lipinski definition) is 3. The Morgan fingerprint density at radius 2 is 1.85 bits per heavy atom. The highest BCUT2D eigenvalue weighted by Crippen LogP contribution is 2.20. The first-order valence-corrected chi connectivity index (χ1v) is 8.72. The molecule has 0 radical (unpaired) electrons. The van der Waals surface area contributed by atoms with Gasteiger partial charge in [-0.05, 0) is 49.2 Å². The van der Waals surface area contributed by atoms with Gasteiger partial charge in [-0.15, -0.1) is 0 Å². The second-order valence-corrected chi connectivity index (χ2v) is 6.60. The maximum Gasteiger partial charge on any atom is 0.274 e. The van der Waals surface area contributed by atoms with E-state index in [1.807, 2.05) is 31.2 Å². The smallest absolute Gasteiger partial charge is 0.274 e. The van der Waals surface area contributed by atoms with E-state index in [1.54, 1.807) is 18.3 Å². The molecule has 4 nitrogen and oxygen atoms in total. The third-order valence-corrected chi connectivity index (χ3v) is 4.41. The molecule has 0 fully saturated rings. The van der Waals surface area contributed by atoms with Crippen LogP contribution in [-0.4, -0.2) is 10.9 Å². The van der Waals surface area contributed by atoms with E-state index in [-0.39, 0.29) is 5.91 Å². The van der Waals surface area contributed by atoms with Crippen LogP contribution < -0.4 is 10.6 Å². The third kappa shape index (κ3) is 4.61. The van der Waals surface area contributed by atoms with Crippen molar-refractivity contribution in [3.8, 4) is 0 Å². The SMILES string of the molecule is Cc1cccc(CNc2ccc(C(=O)Nc3ccc(C)c(Cl)c3)nc2)c1. The largest absolute Gasteiger partial charge is 0.380 e. The number of carbonyl (C=O) groups excluding carboxylic acids is 1. The third-order valence-electron chi connectivity index (χ3n) is 4.00. The number of aromatic nitrogens is 1. The topological polar surface area (TPSA) is 54.0 Å². The van der Waals surface area contributed by atoms with Gasteiger partial charge in [0.15, 0.2) is 0 Å². The molecule has 0 aliphatic heterocycles. The second kappa shape index (κ2) is 8.02. The first-order valence-electron chi connectivity index (χ1n) is 8.34. The van der Waals surface area contributed by atoms with E-state index < -0.39 is 0 Å². The Kier molecular flexibility index (Phi) is 5.54. The van der Waals surface area contributed by atoms with Crippen molar-refractivity contribution >= 4 is 28.9 Å². The van der Waals surface area contributed by atoms with Crippen LogP contribution in [0.2, 0.25) is 5.02 Å². The monoisotopic (exact) mass is 365 g/mol. The Bertz CT molecular complexity index is 923. The lowest BCUT2D eigenvalue weighted by molar-refractivity contribution is 0.102. The number of nitrogens with zero attached hydrogens (tertiary/aromatic N) is 1. The van der Waals surface area contributed by atoms with E-state index in [4.69, 9.17) is 11.6 Å². The maximum absolute atomic E-state index is 12.3. The highest BCUT2D eigenvalue weighted by Gasteiger charge is 2.08. The van der Waals surface area contributed by atoms with Gasteiger partial charge in [-0.3, -0.25) is 4.79 Å². The molecule has 3 aromatic rings. The number of anilines is 2. The molecule has 132 valence electrons. The first kappa shape index (κ1) is 18.0. The molecular formula is C21H20ClN3O. The average Bonchev–Trinajstić information content (AvgIpc) is 2.63. The molecular weight excluding hydrogens is 346 g/mol. The van der Waals surface area contributed by atoms with Crippen molar-refractivity contribution < 1.29 is 4.79 Å². The lowest BCUT2D eigenvalue weighted by atomic mass is 10.1. The number of pyridine rings is 1. The molecule has 0 atom stereocenters. The summed E-state index contributed by atoms with van der Waals surface area (Å²) in [4.78, 5) is 16.5. The van der Waals surface area contributed by atoms with Crippen LogP contribution in [0.15, 0.2) is 60.8 Å². The molecule has 0 saturated heterocycles. The fraction of sp³-hybridized carbons (Fsp3) is 0.143. The van der Waals surface area contributed by atoms with Crippen LogP contribution in [0.3, 0.4) is 0 Å². The summed E-state index contributed by atoms with van der Waals surface area (Å²) in [5.41, 5.74) is 5.25. The molecule has 1 aromatic heterocycles. The van der Waals surface area contributed by atoms with Crippen molar-refractivity contribution in [3.63, 3.8) is 0 Å². The van der Waals surface area contributed by atoms with Crippen molar-refractivity contribution in [1.82, 2.24) is 4.98 Å². The van der Waals surface area contributed by atoms with Gasteiger partial charge in [-0.2, -0.15) is 0 Å². The molecule has 0 saturated carbocycles. The van der Waals surface area contributed by atoms with E-state index in [9.17, 15) is 4.79 Å². The van der Waals surface area contributed by atoms with Gasteiger partial charge in [-0.1, -0.05) is 47.5 Å². The van der Waals surface area contributed by atoms with Crippen LogP contribution in [0.1, 0.15) is 27.2 Å². The van der Waals surface area contributed by atoms with E-state index in [0.29, 0.717) is 22.9 Å². The Morgan fingerprint density at radius 3 is 2.54 bits per heavy atom. The number of carbonyl (C=O) groups is 1. The second-order valence-electron chi connectivity index (χ2n) is 6.19. The predicted molar refractivity (Wildman–Crippen MR) is 107 cm³/mol. The zero-order chi connectivity index (χ0) is 18.5. The van der Waals surface area contributed by atoms with Crippen LogP contribution in [0, 0.1) is 13.8 Å². The van der Waals surface area contributed by atoms with Gasteiger partial charge in [0.05, 0.1) is 11.9 Å². The number of hydrogen-bond donors (Lipinski definition) is 2. The molecule has 0 bridgehead atoms. The fourth-order valence-corrected chi connectivity index (χ4v) is 2.71. The molecule has 0 aliphatic rings. The molecule has 0 spiro atoms. The van der Waals surface area contributed by atoms with E-state index in [2.05, 4.69) is 40.7 Å². The van der Waals surface area contributed by atoms with Gasteiger partial charge < -0.3 is 10.6 Å². The fourth-order valence-electron chi connectivity index (χ4n) is 2.52. The molecule has 0 unspecified atom stereocenters. The first-order chi connectivity index (χ1) is 12.5. The highest BCUT2D eigenvalue weighted by molar-refractivity contribution is 6.31. The lowest BCUT2D eigenvalue weighted by Crippen LogP contribution is -2.13. The summed E-state index contributed by atoms with van der Waals surface area (Å²) in [6.45, 7) is 4.69. The number of amides is 1. The van der Waals surface area contributed by atoms with Crippen LogP contribution in [0.4, 0.5) is 11.4 Å². The van der Waals surface area contributed by atoms with E-state index >= 15 is 0 Å². The summed E-state index contributed by atoms with van der Waals surface area (Å²) in [6, 6.07) is 17.3. The van der Waals surface area contributed by atoms with Crippen LogP contribution in [-0.2, 0) is 6.54 Å². The molecule has 1 heterocycles. The normalized spacial score (nSPS) is 10.4. The van der Waals surface area contributed by atoms with Crippen LogP contribution in [0.5, 0.6) is 0 Å². The van der Waals surface area contributed by atoms with Crippen molar-refractivity contribution in [1.29, 1.82) is 0 Å². The van der Waals surface area contributed by atoms with E-state index in [0.717, 1.165) is 11.3 Å². The van der Waals surface area contributed by atoms with E-state index in [1.165, 1.54) is 11.1 Å². The summed E-state index contributed by atoms with van der Waals surface area (Å²) in [6.07, 6.45) is 1.66. The van der Waals surface area contributed by atoms with Gasteiger partial charge in [-0.25, -0.2) is 4.98 Å². The maximum atomic E-state index is 12.3. The Balaban J connectivity index is 1.61. The Hall–Kier alpha value is -2.85. The number of aryl methyl sites for hydroxylation is 2. The summed E-state index contributed by atoms with van der Waals surface area (Å²) in [5.74, 6) is -0.268. The molecule has 2 aromatic carbocycles. The van der Waals surface area contributed by atoms with Crippen molar-refractivity contribution in [3.05, 3.63) is 88.2 Å². The van der Waals surface area contributed by atoms with Crippen molar-refractivity contribution in [2.24, 2.45) is 0 Å². The minimum Gasteiger partial charge on any atom is -0.380 e. The molecule has 0 aliphatic carbocycles. The predicted octanol–water partition coefficient (Wildman–Crippen LogP) is 5.22. The zero-order valence-electron chi connectivity index (χ0n) is 14.7. The van der Waals surface area contributed by atoms with Gasteiger partial charge in [0.25, 0.3) is 5.91 Å². The van der Waals surface area contributed by atoms with Gasteiger partial charge in [0, 0.05) is 17.3 Å². The molecule has 5 heteroatoms. The zero-order valence-corrected chi connectivity index (χ0v) is 15.5. The quantitative estimate of drug-likeness (QED) is 0.652. The number of benzene rings is 2. The summed E-state index contributed by atoms with van der Waals surface area (Å²) in [7, 11) is 0. The molecule has 26 heavy (non-hydrogen) atoms. The Labute approximate surface area is 158 Å². The number of rotatable bonds is 5. The highest BCUT2D eigenvalue weighted by atomic mass is 35.5. The minimum absolute atomic E-state index is 0.268.